The molecule has 31 heavy (non-hydrogen) atoms. The molecule has 1 atom stereocenters. The molecule has 10 nitrogen and oxygen atoms in total. The van der Waals surface area contributed by atoms with Crippen LogP contribution in [0, 0.1) is 0 Å². The maximum Gasteiger partial charge on any atom is 0.337 e. The topological polar surface area (TPSA) is 137 Å². The lowest BCUT2D eigenvalue weighted by molar-refractivity contribution is -0.126. The van der Waals surface area contributed by atoms with Gasteiger partial charge in [0.15, 0.2) is 6.10 Å². The van der Waals surface area contributed by atoms with E-state index in [9.17, 15) is 22.8 Å². The molecule has 11 heteroatoms. The van der Waals surface area contributed by atoms with E-state index in [4.69, 9.17) is 4.74 Å². The number of sulfonamides is 1. The van der Waals surface area contributed by atoms with E-state index in [0.29, 0.717) is 5.75 Å². The van der Waals surface area contributed by atoms with Gasteiger partial charge in [0.25, 0.3) is 15.9 Å². The van der Waals surface area contributed by atoms with Gasteiger partial charge in [-0.3, -0.25) is 9.52 Å². The zero-order valence-electron chi connectivity index (χ0n) is 17.3. The summed E-state index contributed by atoms with van der Waals surface area (Å²) in [5.74, 6) is -1.53. The first-order valence-corrected chi connectivity index (χ1v) is 10.4. The van der Waals surface area contributed by atoms with E-state index in [1.165, 1.54) is 49.5 Å². The molecule has 2 aromatic carbocycles. The van der Waals surface area contributed by atoms with Crippen molar-refractivity contribution in [2.75, 3.05) is 26.0 Å². The molecule has 0 heterocycles. The second-order valence-corrected chi connectivity index (χ2v) is 7.92. The molecule has 0 bridgehead atoms. The molecular weight excluding hydrogens is 428 g/mol. The zero-order valence-corrected chi connectivity index (χ0v) is 18.1. The maximum atomic E-state index is 12.7. The van der Waals surface area contributed by atoms with Crippen molar-refractivity contribution in [3.63, 3.8) is 0 Å². The SMILES string of the molecule is CNC(=O)[C@H](C)Oc1ccc(S(=O)(=O)Nc2cc(C(=O)OC)cc(C(=O)OC)c2)cc1. The molecule has 0 aliphatic rings. The maximum absolute atomic E-state index is 12.7. The highest BCUT2D eigenvalue weighted by Gasteiger charge is 2.19. The molecule has 0 aromatic heterocycles. The summed E-state index contributed by atoms with van der Waals surface area (Å²) in [5, 5.41) is 2.45. The second kappa shape index (κ2) is 9.94. The van der Waals surface area contributed by atoms with Gasteiger partial charge < -0.3 is 19.5 Å². The van der Waals surface area contributed by atoms with E-state index >= 15 is 0 Å². The van der Waals surface area contributed by atoms with Crippen LogP contribution in [0.4, 0.5) is 5.69 Å². The number of carbonyl (C=O) groups is 3. The Labute approximate surface area is 179 Å². The van der Waals surface area contributed by atoms with Crippen LogP contribution >= 0.6 is 0 Å². The number of hydrogen-bond acceptors (Lipinski definition) is 8. The van der Waals surface area contributed by atoms with E-state index in [1.54, 1.807) is 6.92 Å². The lowest BCUT2D eigenvalue weighted by Crippen LogP contribution is -2.33. The van der Waals surface area contributed by atoms with Gasteiger partial charge in [-0.25, -0.2) is 18.0 Å². The number of rotatable bonds is 8. The smallest absolute Gasteiger partial charge is 0.337 e. The molecule has 0 saturated carbocycles. The van der Waals surface area contributed by atoms with Gasteiger partial charge in [-0.15, -0.1) is 0 Å². The molecule has 0 aliphatic carbocycles. The fraction of sp³-hybridized carbons (Fsp3) is 0.250. The zero-order chi connectivity index (χ0) is 23.2. The van der Waals surface area contributed by atoms with Crippen LogP contribution in [0.15, 0.2) is 47.4 Å². The van der Waals surface area contributed by atoms with Gasteiger partial charge in [0.1, 0.15) is 5.75 Å². The van der Waals surface area contributed by atoms with Crippen molar-refractivity contribution in [3.05, 3.63) is 53.6 Å². The Hall–Kier alpha value is -3.60. The van der Waals surface area contributed by atoms with Crippen LogP contribution in [0.2, 0.25) is 0 Å². The van der Waals surface area contributed by atoms with Crippen molar-refractivity contribution in [2.45, 2.75) is 17.9 Å². The van der Waals surface area contributed by atoms with Gasteiger partial charge in [0.05, 0.1) is 35.9 Å². The van der Waals surface area contributed by atoms with Crippen molar-refractivity contribution in [2.24, 2.45) is 0 Å². The average molecular weight is 450 g/mol. The van der Waals surface area contributed by atoms with Gasteiger partial charge in [-0.1, -0.05) is 0 Å². The summed E-state index contributed by atoms with van der Waals surface area (Å²) in [6.45, 7) is 1.55. The second-order valence-electron chi connectivity index (χ2n) is 6.23. The van der Waals surface area contributed by atoms with Gasteiger partial charge in [-0.2, -0.15) is 0 Å². The first-order chi connectivity index (χ1) is 14.6. The third-order valence-electron chi connectivity index (χ3n) is 4.09. The molecule has 0 radical (unpaired) electrons. The monoisotopic (exact) mass is 450 g/mol. The van der Waals surface area contributed by atoms with Crippen LogP contribution in [0.5, 0.6) is 5.75 Å². The molecule has 2 aromatic rings. The quantitative estimate of drug-likeness (QED) is 0.578. The lowest BCUT2D eigenvalue weighted by atomic mass is 10.1. The van der Waals surface area contributed by atoms with Crippen LogP contribution in [-0.4, -0.2) is 53.6 Å². The summed E-state index contributed by atoms with van der Waals surface area (Å²) in [4.78, 5) is 35.2. The van der Waals surface area contributed by atoms with Crippen molar-refractivity contribution >= 4 is 33.6 Å². The van der Waals surface area contributed by atoms with Gasteiger partial charge in [0.2, 0.25) is 0 Å². The predicted molar refractivity (Wildman–Crippen MR) is 111 cm³/mol. The molecule has 0 saturated heterocycles. The Morgan fingerprint density at radius 3 is 1.87 bits per heavy atom. The highest BCUT2D eigenvalue weighted by Crippen LogP contribution is 2.22. The van der Waals surface area contributed by atoms with E-state index in [2.05, 4.69) is 19.5 Å². The Kier molecular flexibility index (Phi) is 7.59. The Morgan fingerprint density at radius 1 is 0.903 bits per heavy atom. The minimum absolute atomic E-state index is 0.0307. The van der Waals surface area contributed by atoms with E-state index < -0.39 is 28.1 Å². The largest absolute Gasteiger partial charge is 0.481 e. The minimum Gasteiger partial charge on any atom is -0.481 e. The summed E-state index contributed by atoms with van der Waals surface area (Å²) >= 11 is 0. The number of amides is 1. The number of ether oxygens (including phenoxy) is 3. The predicted octanol–water partition coefficient (Wildman–Crippen LogP) is 1.57. The number of esters is 2. The molecule has 0 aliphatic heterocycles. The third-order valence-corrected chi connectivity index (χ3v) is 5.49. The van der Waals surface area contributed by atoms with Crippen LogP contribution < -0.4 is 14.8 Å². The van der Waals surface area contributed by atoms with Crippen molar-refractivity contribution < 1.29 is 37.0 Å². The van der Waals surface area contributed by atoms with Crippen LogP contribution in [0.3, 0.4) is 0 Å². The highest BCUT2D eigenvalue weighted by atomic mass is 32.2. The summed E-state index contributed by atoms with van der Waals surface area (Å²) in [7, 11) is -0.274. The molecule has 2 rings (SSSR count). The Balaban J connectivity index is 2.30. The molecule has 0 spiro atoms. The van der Waals surface area contributed by atoms with Crippen molar-refractivity contribution in [1.29, 1.82) is 0 Å². The molecule has 2 N–H and O–H groups in total. The number of hydrogen-bond donors (Lipinski definition) is 2. The number of methoxy groups -OCH3 is 2. The fourth-order valence-corrected chi connectivity index (χ4v) is 3.57. The third kappa shape index (κ3) is 5.95. The Morgan fingerprint density at radius 2 is 1.42 bits per heavy atom. The van der Waals surface area contributed by atoms with Gasteiger partial charge in [-0.05, 0) is 49.4 Å². The summed E-state index contributed by atoms with van der Waals surface area (Å²) in [6, 6.07) is 9.09. The van der Waals surface area contributed by atoms with Crippen molar-refractivity contribution in [3.8, 4) is 5.75 Å². The van der Waals surface area contributed by atoms with Gasteiger partial charge in [0, 0.05) is 7.05 Å². The number of nitrogens with one attached hydrogen (secondary N) is 2. The molecule has 0 fully saturated rings. The van der Waals surface area contributed by atoms with E-state index in [0.717, 1.165) is 14.2 Å². The van der Waals surface area contributed by atoms with Crippen LogP contribution in [0.25, 0.3) is 0 Å². The van der Waals surface area contributed by atoms with Gasteiger partial charge >= 0.3 is 11.9 Å². The van der Waals surface area contributed by atoms with Crippen LogP contribution in [0.1, 0.15) is 27.6 Å². The number of likely N-dealkylation sites (N-methyl/N-ethyl adjacent to an activating group) is 1. The number of benzene rings is 2. The fourth-order valence-electron chi connectivity index (χ4n) is 2.53. The average Bonchev–Trinajstić information content (AvgIpc) is 2.77. The Bertz CT molecular complexity index is 1050. The summed E-state index contributed by atoms with van der Waals surface area (Å²) in [6.07, 6.45) is -0.761. The molecule has 1 amide bonds. The summed E-state index contributed by atoms with van der Waals surface area (Å²) < 4.78 is 42.5. The first kappa shape index (κ1) is 23.7. The standard InChI is InChI=1S/C20H22N2O8S/c1-12(18(23)21-2)30-16-5-7-17(8-6-16)31(26,27)22-15-10-13(19(24)28-3)9-14(11-15)20(25)29-4/h5-12,22H,1-4H3,(H,21,23)/t12-/m0/s1. The minimum atomic E-state index is -4.07. The highest BCUT2D eigenvalue weighted by molar-refractivity contribution is 7.92. The lowest BCUT2D eigenvalue weighted by Gasteiger charge is -2.14. The van der Waals surface area contributed by atoms with Crippen LogP contribution in [-0.2, 0) is 24.3 Å². The number of carbonyl (C=O) groups excluding carboxylic acids is 3. The van der Waals surface area contributed by atoms with E-state index in [1.807, 2.05) is 0 Å². The molecular formula is C20H22N2O8S. The molecule has 0 unspecified atom stereocenters. The molecule has 166 valence electrons. The van der Waals surface area contributed by atoms with Crippen molar-refractivity contribution in [1.82, 2.24) is 5.32 Å². The summed E-state index contributed by atoms with van der Waals surface area (Å²) in [5.41, 5.74) is -0.0954. The normalized spacial score (nSPS) is 11.7. The number of anilines is 1. The first-order valence-electron chi connectivity index (χ1n) is 8.94. The van der Waals surface area contributed by atoms with E-state index in [-0.39, 0.29) is 27.6 Å².